The monoisotopic (exact) mass is 486 g/mol. The number of rotatable bonds is 5. The van der Waals surface area contributed by atoms with Gasteiger partial charge in [0.25, 0.3) is 5.89 Å². The third-order valence-corrected chi connectivity index (χ3v) is 6.50. The van der Waals surface area contributed by atoms with Crippen molar-refractivity contribution in [2.24, 2.45) is 0 Å². The number of nitrogens with zero attached hydrogens (tertiary/aromatic N) is 3. The highest BCUT2D eigenvalue weighted by Crippen LogP contribution is 2.38. The summed E-state index contributed by atoms with van der Waals surface area (Å²) in [6.45, 7) is 4.77. The van der Waals surface area contributed by atoms with Gasteiger partial charge in [-0.05, 0) is 49.3 Å². The van der Waals surface area contributed by atoms with Gasteiger partial charge in [-0.2, -0.15) is 4.98 Å². The number of benzene rings is 3. The molecule has 0 spiro atoms. The predicted octanol–water partition coefficient (Wildman–Crippen LogP) is 6.56. The molecule has 0 saturated heterocycles. The zero-order chi connectivity index (χ0) is 23.7. The first-order valence-corrected chi connectivity index (χ1v) is 11.8. The van der Waals surface area contributed by atoms with E-state index in [2.05, 4.69) is 46.6 Å². The Hall–Kier alpha value is -3.48. The lowest BCUT2D eigenvalue weighted by atomic mass is 9.94. The average Bonchev–Trinajstić information content (AvgIpc) is 3.32. The second kappa shape index (κ2) is 9.41. The third-order valence-electron chi connectivity index (χ3n) is 5.91. The number of aryl methyl sites for hydroxylation is 1. The number of thiocarbonyl (C=S) groups is 1. The summed E-state index contributed by atoms with van der Waals surface area (Å²) in [5.41, 5.74) is 6.14. The average molecular weight is 487 g/mol. The lowest BCUT2D eigenvalue weighted by Gasteiger charge is -2.37. The van der Waals surface area contributed by atoms with Crippen molar-refractivity contribution in [1.29, 1.82) is 0 Å². The molecule has 1 aliphatic rings. The summed E-state index contributed by atoms with van der Waals surface area (Å²) in [5.74, 6) is 1.00. The maximum atomic E-state index is 6.15. The molecule has 1 unspecified atom stereocenters. The van der Waals surface area contributed by atoms with Gasteiger partial charge in [0.15, 0.2) is 5.11 Å². The zero-order valence-electron chi connectivity index (χ0n) is 18.8. The van der Waals surface area contributed by atoms with Crippen LogP contribution in [0.3, 0.4) is 0 Å². The first-order chi connectivity index (χ1) is 16.5. The number of halogens is 1. The molecule has 7 heteroatoms. The smallest absolute Gasteiger partial charge is 0.258 e. The van der Waals surface area contributed by atoms with Crippen LogP contribution in [0.15, 0.2) is 89.1 Å². The van der Waals surface area contributed by atoms with E-state index in [1.165, 1.54) is 11.1 Å². The molecule has 0 fully saturated rings. The van der Waals surface area contributed by atoms with Crippen LogP contribution in [0.1, 0.15) is 35.5 Å². The number of aromatic nitrogens is 2. The summed E-state index contributed by atoms with van der Waals surface area (Å²) in [7, 11) is 0. The van der Waals surface area contributed by atoms with E-state index in [4.69, 9.17) is 33.3 Å². The Labute approximate surface area is 209 Å². The Morgan fingerprint density at radius 2 is 1.76 bits per heavy atom. The Morgan fingerprint density at radius 3 is 2.50 bits per heavy atom. The van der Waals surface area contributed by atoms with Crippen molar-refractivity contribution in [3.8, 4) is 11.4 Å². The lowest BCUT2D eigenvalue weighted by Crippen LogP contribution is -2.45. The van der Waals surface area contributed by atoms with E-state index < -0.39 is 0 Å². The topological polar surface area (TPSA) is 54.2 Å². The molecule has 0 bridgehead atoms. The minimum atomic E-state index is -0.248. The van der Waals surface area contributed by atoms with E-state index in [1.807, 2.05) is 61.5 Å². The lowest BCUT2D eigenvalue weighted by molar-refractivity contribution is 0.396. The molecule has 2 heterocycles. The van der Waals surface area contributed by atoms with E-state index >= 15 is 0 Å². The molecule has 0 amide bonds. The van der Waals surface area contributed by atoms with Crippen molar-refractivity contribution in [1.82, 2.24) is 20.4 Å². The number of nitrogens with one attached hydrogen (secondary N) is 1. The fourth-order valence-electron chi connectivity index (χ4n) is 4.18. The molecule has 34 heavy (non-hydrogen) atoms. The van der Waals surface area contributed by atoms with Crippen LogP contribution in [0, 0.1) is 6.92 Å². The van der Waals surface area contributed by atoms with Gasteiger partial charge in [-0.1, -0.05) is 89.1 Å². The Balaban J connectivity index is 1.60. The highest BCUT2D eigenvalue weighted by atomic mass is 35.5. The zero-order valence-corrected chi connectivity index (χ0v) is 20.4. The van der Waals surface area contributed by atoms with E-state index in [9.17, 15) is 0 Å². The Bertz CT molecular complexity index is 1360. The van der Waals surface area contributed by atoms with Crippen molar-refractivity contribution in [3.63, 3.8) is 0 Å². The molecule has 1 atom stereocenters. The second-order valence-electron chi connectivity index (χ2n) is 8.30. The van der Waals surface area contributed by atoms with Crippen LogP contribution >= 0.6 is 23.8 Å². The molecule has 170 valence electrons. The molecule has 5 rings (SSSR count). The van der Waals surface area contributed by atoms with Crippen LogP contribution in [0.25, 0.3) is 17.0 Å². The molecule has 1 aliphatic heterocycles. The van der Waals surface area contributed by atoms with E-state index in [0.29, 0.717) is 28.4 Å². The van der Waals surface area contributed by atoms with Gasteiger partial charge < -0.3 is 14.7 Å². The second-order valence-corrected chi connectivity index (χ2v) is 9.12. The molecular weight excluding hydrogens is 464 g/mol. The largest absolute Gasteiger partial charge is 0.351 e. The normalized spacial score (nSPS) is 16.0. The van der Waals surface area contributed by atoms with Crippen molar-refractivity contribution < 1.29 is 4.52 Å². The highest BCUT2D eigenvalue weighted by Gasteiger charge is 2.34. The van der Waals surface area contributed by atoms with Gasteiger partial charge in [0.05, 0.1) is 11.6 Å². The quantitative estimate of drug-likeness (QED) is 0.322. The SMILES string of the molecule is CC1=C(c2nc(-c3ccccc3)no2)C(c2ccc(Cl)cc2)NC(=S)N1Cc1cccc(C)c1. The van der Waals surface area contributed by atoms with Crippen LogP contribution in [0.5, 0.6) is 0 Å². The summed E-state index contributed by atoms with van der Waals surface area (Å²) < 4.78 is 5.80. The minimum Gasteiger partial charge on any atom is -0.351 e. The Kier molecular flexibility index (Phi) is 6.18. The number of allylic oxidation sites excluding steroid dienone is 1. The first-order valence-electron chi connectivity index (χ1n) is 11.0. The standard InChI is InChI=1S/C27H23ClN4OS/c1-17-7-6-8-19(15-17)16-32-18(2)23(24(29-27(32)34)20-11-13-22(28)14-12-20)26-30-25(31-33-26)21-9-4-3-5-10-21/h3-15,24H,16H2,1-2H3,(H,29,34). The maximum Gasteiger partial charge on any atom is 0.258 e. The van der Waals surface area contributed by atoms with Crippen LogP contribution in [0.4, 0.5) is 0 Å². The van der Waals surface area contributed by atoms with Crippen LogP contribution in [0.2, 0.25) is 5.02 Å². The van der Waals surface area contributed by atoms with Crippen molar-refractivity contribution in [2.45, 2.75) is 26.4 Å². The summed E-state index contributed by atoms with van der Waals surface area (Å²) in [6, 6.07) is 25.7. The molecule has 4 aromatic rings. The van der Waals surface area contributed by atoms with E-state index in [-0.39, 0.29) is 6.04 Å². The van der Waals surface area contributed by atoms with Crippen LogP contribution in [-0.2, 0) is 6.54 Å². The van der Waals surface area contributed by atoms with Gasteiger partial charge in [-0.15, -0.1) is 0 Å². The van der Waals surface area contributed by atoms with Gasteiger partial charge in [0, 0.05) is 22.8 Å². The van der Waals surface area contributed by atoms with Gasteiger partial charge in [-0.25, -0.2) is 0 Å². The van der Waals surface area contributed by atoms with Gasteiger partial charge >= 0.3 is 0 Å². The molecule has 0 radical (unpaired) electrons. The van der Waals surface area contributed by atoms with Crippen molar-refractivity contribution in [2.75, 3.05) is 0 Å². The summed E-state index contributed by atoms with van der Waals surface area (Å²) in [6.07, 6.45) is 0. The maximum absolute atomic E-state index is 6.15. The van der Waals surface area contributed by atoms with Crippen LogP contribution < -0.4 is 5.32 Å². The van der Waals surface area contributed by atoms with Crippen molar-refractivity contribution in [3.05, 3.63) is 112 Å². The first kappa shape index (κ1) is 22.3. The van der Waals surface area contributed by atoms with Crippen LogP contribution in [-0.4, -0.2) is 20.2 Å². The van der Waals surface area contributed by atoms with E-state index in [1.54, 1.807) is 0 Å². The summed E-state index contributed by atoms with van der Waals surface area (Å²) >= 11 is 12.0. The molecular formula is C27H23ClN4OS. The molecule has 1 aromatic heterocycles. The van der Waals surface area contributed by atoms with Crippen molar-refractivity contribution >= 4 is 34.5 Å². The summed E-state index contributed by atoms with van der Waals surface area (Å²) in [4.78, 5) is 6.84. The molecule has 0 saturated carbocycles. The Morgan fingerprint density at radius 1 is 1.00 bits per heavy atom. The number of hydrogen-bond acceptors (Lipinski definition) is 4. The molecule has 0 aliphatic carbocycles. The molecule has 1 N–H and O–H groups in total. The van der Waals surface area contributed by atoms with E-state index in [0.717, 1.165) is 22.4 Å². The fraction of sp³-hybridized carbons (Fsp3) is 0.148. The fourth-order valence-corrected chi connectivity index (χ4v) is 4.63. The van der Waals surface area contributed by atoms with Gasteiger partial charge in [0.2, 0.25) is 5.82 Å². The van der Waals surface area contributed by atoms with Gasteiger partial charge in [-0.3, -0.25) is 0 Å². The molecule has 5 nitrogen and oxygen atoms in total. The minimum absolute atomic E-state index is 0.248. The van der Waals surface area contributed by atoms with Gasteiger partial charge in [0.1, 0.15) is 0 Å². The third kappa shape index (κ3) is 4.47. The molecule has 3 aromatic carbocycles. The number of hydrogen-bond donors (Lipinski definition) is 1. The highest BCUT2D eigenvalue weighted by molar-refractivity contribution is 7.80. The summed E-state index contributed by atoms with van der Waals surface area (Å²) in [5, 5.41) is 9.07. The predicted molar refractivity (Wildman–Crippen MR) is 139 cm³/mol.